The zero-order valence-corrected chi connectivity index (χ0v) is 9.83. The highest BCUT2D eigenvalue weighted by atomic mass is 19.1. The number of halogens is 1. The molecular formula is C12H17FN2O. The van der Waals surface area contributed by atoms with E-state index in [2.05, 4.69) is 5.32 Å². The van der Waals surface area contributed by atoms with Gasteiger partial charge in [-0.1, -0.05) is 26.0 Å². The highest BCUT2D eigenvalue weighted by Gasteiger charge is 2.13. The third-order valence-electron chi connectivity index (χ3n) is 2.25. The van der Waals surface area contributed by atoms with Crippen molar-refractivity contribution in [2.24, 2.45) is 0 Å². The van der Waals surface area contributed by atoms with Crippen LogP contribution in [0.3, 0.4) is 0 Å². The normalized spacial score (nSPS) is 10.6. The number of nitrogens with one attached hydrogen (secondary N) is 1. The molecule has 0 saturated carbocycles. The molecule has 88 valence electrons. The van der Waals surface area contributed by atoms with E-state index in [1.54, 1.807) is 25.2 Å². The van der Waals surface area contributed by atoms with Gasteiger partial charge in [0.1, 0.15) is 5.82 Å². The Kier molecular flexibility index (Phi) is 4.43. The summed E-state index contributed by atoms with van der Waals surface area (Å²) in [5.41, 5.74) is 0.304. The van der Waals surface area contributed by atoms with Crippen LogP contribution in [0.5, 0.6) is 0 Å². The molecule has 0 aromatic heterocycles. The maximum atomic E-state index is 13.4. The molecule has 0 radical (unpaired) electrons. The first-order valence-corrected chi connectivity index (χ1v) is 5.27. The smallest absolute Gasteiger partial charge is 0.240 e. The van der Waals surface area contributed by atoms with E-state index < -0.39 is 0 Å². The second kappa shape index (κ2) is 5.61. The van der Waals surface area contributed by atoms with Crippen LogP contribution in [0.4, 0.5) is 10.1 Å². The van der Waals surface area contributed by atoms with Crippen LogP contribution < -0.4 is 10.2 Å². The van der Waals surface area contributed by atoms with Gasteiger partial charge in [0.15, 0.2) is 0 Å². The van der Waals surface area contributed by atoms with Gasteiger partial charge in [-0.05, 0) is 12.1 Å². The topological polar surface area (TPSA) is 32.3 Å². The van der Waals surface area contributed by atoms with E-state index in [9.17, 15) is 9.18 Å². The van der Waals surface area contributed by atoms with Crippen LogP contribution in [0.15, 0.2) is 24.3 Å². The van der Waals surface area contributed by atoms with Crippen LogP contribution in [0.1, 0.15) is 13.8 Å². The molecule has 0 aliphatic rings. The number of nitrogens with zero attached hydrogens (tertiary/aromatic N) is 1. The summed E-state index contributed by atoms with van der Waals surface area (Å²) >= 11 is 0. The standard InChI is InChI=1S/C12H17FN2O/c1-9(2)14-8-12(16)15(3)11-7-5-4-6-10(11)13/h4-7,9,14H,8H2,1-3H3. The molecule has 3 nitrogen and oxygen atoms in total. The number of amides is 1. The third kappa shape index (κ3) is 3.31. The summed E-state index contributed by atoms with van der Waals surface area (Å²) in [5, 5.41) is 3.00. The van der Waals surface area contributed by atoms with Crippen LogP contribution in [0.25, 0.3) is 0 Å². The van der Waals surface area contributed by atoms with E-state index >= 15 is 0 Å². The molecule has 0 aliphatic heterocycles. The summed E-state index contributed by atoms with van der Waals surface area (Å²) in [6, 6.07) is 6.47. The minimum atomic E-state index is -0.386. The molecule has 1 rings (SSSR count). The molecule has 1 aromatic rings. The van der Waals surface area contributed by atoms with Gasteiger partial charge in [-0.2, -0.15) is 0 Å². The Balaban J connectivity index is 2.67. The molecule has 0 spiro atoms. The highest BCUT2D eigenvalue weighted by Crippen LogP contribution is 2.16. The van der Waals surface area contributed by atoms with Gasteiger partial charge in [0, 0.05) is 13.1 Å². The van der Waals surface area contributed by atoms with Crippen molar-refractivity contribution in [3.05, 3.63) is 30.1 Å². The van der Waals surface area contributed by atoms with Crippen molar-refractivity contribution in [1.82, 2.24) is 5.32 Å². The van der Waals surface area contributed by atoms with E-state index in [1.807, 2.05) is 13.8 Å². The van der Waals surface area contributed by atoms with Crippen molar-refractivity contribution in [3.8, 4) is 0 Å². The van der Waals surface area contributed by atoms with Gasteiger partial charge in [0.25, 0.3) is 0 Å². The predicted octanol–water partition coefficient (Wildman–Crippen LogP) is 1.79. The first-order valence-electron chi connectivity index (χ1n) is 5.27. The number of anilines is 1. The third-order valence-corrected chi connectivity index (χ3v) is 2.25. The van der Waals surface area contributed by atoms with Gasteiger partial charge < -0.3 is 10.2 Å². The van der Waals surface area contributed by atoms with Gasteiger partial charge in [-0.15, -0.1) is 0 Å². The average Bonchev–Trinajstić information content (AvgIpc) is 2.25. The number of hydrogen-bond donors (Lipinski definition) is 1. The Labute approximate surface area is 95.3 Å². The number of benzene rings is 1. The highest BCUT2D eigenvalue weighted by molar-refractivity contribution is 5.94. The minimum Gasteiger partial charge on any atom is -0.312 e. The lowest BCUT2D eigenvalue weighted by Crippen LogP contribution is -2.38. The van der Waals surface area contributed by atoms with Gasteiger partial charge in [0.2, 0.25) is 5.91 Å². The SMILES string of the molecule is CC(C)NCC(=O)N(C)c1ccccc1F. The van der Waals surface area contributed by atoms with Crippen molar-refractivity contribution >= 4 is 11.6 Å². The second-order valence-electron chi connectivity index (χ2n) is 3.94. The minimum absolute atomic E-state index is 0.154. The molecule has 1 amide bonds. The number of para-hydroxylation sites is 1. The monoisotopic (exact) mass is 224 g/mol. The zero-order chi connectivity index (χ0) is 12.1. The summed E-state index contributed by atoms with van der Waals surface area (Å²) in [6.07, 6.45) is 0. The lowest BCUT2D eigenvalue weighted by molar-refractivity contribution is -0.117. The predicted molar refractivity (Wildman–Crippen MR) is 62.9 cm³/mol. The molecule has 0 saturated heterocycles. The van der Waals surface area contributed by atoms with E-state index in [1.165, 1.54) is 11.0 Å². The molecule has 0 atom stereocenters. The number of carbonyl (C=O) groups is 1. The van der Waals surface area contributed by atoms with Crippen LogP contribution in [0.2, 0.25) is 0 Å². The van der Waals surface area contributed by atoms with E-state index in [0.717, 1.165) is 0 Å². The fraction of sp³-hybridized carbons (Fsp3) is 0.417. The summed E-state index contributed by atoms with van der Waals surface area (Å²) in [7, 11) is 1.57. The quantitative estimate of drug-likeness (QED) is 0.845. The first-order chi connectivity index (χ1) is 7.52. The van der Waals surface area contributed by atoms with Crippen molar-refractivity contribution in [2.45, 2.75) is 19.9 Å². The van der Waals surface area contributed by atoms with Gasteiger partial charge in [-0.25, -0.2) is 4.39 Å². The second-order valence-corrected chi connectivity index (χ2v) is 3.94. The largest absolute Gasteiger partial charge is 0.312 e. The van der Waals surface area contributed by atoms with Crippen molar-refractivity contribution in [3.63, 3.8) is 0 Å². The summed E-state index contributed by atoms with van der Waals surface area (Å²) < 4.78 is 13.4. The van der Waals surface area contributed by atoms with E-state index in [0.29, 0.717) is 5.69 Å². The first kappa shape index (κ1) is 12.6. The van der Waals surface area contributed by atoms with Gasteiger partial charge in [-0.3, -0.25) is 4.79 Å². The van der Waals surface area contributed by atoms with Crippen molar-refractivity contribution in [1.29, 1.82) is 0 Å². The molecule has 1 aromatic carbocycles. The maximum absolute atomic E-state index is 13.4. The lowest BCUT2D eigenvalue weighted by atomic mass is 10.3. The maximum Gasteiger partial charge on any atom is 0.240 e. The zero-order valence-electron chi connectivity index (χ0n) is 9.83. The molecule has 0 bridgehead atoms. The van der Waals surface area contributed by atoms with E-state index in [-0.39, 0.29) is 24.3 Å². The van der Waals surface area contributed by atoms with Gasteiger partial charge in [0.05, 0.1) is 12.2 Å². The average molecular weight is 224 g/mol. The van der Waals surface area contributed by atoms with Crippen LogP contribution >= 0.6 is 0 Å². The molecular weight excluding hydrogens is 207 g/mol. The van der Waals surface area contributed by atoms with Gasteiger partial charge >= 0.3 is 0 Å². The lowest BCUT2D eigenvalue weighted by Gasteiger charge is -2.19. The Hall–Kier alpha value is -1.42. The van der Waals surface area contributed by atoms with Crippen LogP contribution in [-0.4, -0.2) is 25.5 Å². The number of carbonyl (C=O) groups excluding carboxylic acids is 1. The molecule has 0 aliphatic carbocycles. The molecule has 0 fully saturated rings. The molecule has 0 unspecified atom stereocenters. The molecule has 1 N–H and O–H groups in total. The summed E-state index contributed by atoms with van der Waals surface area (Å²) in [6.45, 7) is 4.12. The Bertz CT molecular complexity index is 366. The van der Waals surface area contributed by atoms with Crippen LogP contribution in [-0.2, 0) is 4.79 Å². The number of rotatable bonds is 4. The Morgan fingerprint density at radius 3 is 2.62 bits per heavy atom. The molecule has 4 heteroatoms. The Morgan fingerprint density at radius 2 is 2.06 bits per heavy atom. The van der Waals surface area contributed by atoms with E-state index in [4.69, 9.17) is 0 Å². The summed E-state index contributed by atoms with van der Waals surface area (Å²) in [4.78, 5) is 13.0. The molecule has 0 heterocycles. The summed E-state index contributed by atoms with van der Waals surface area (Å²) in [5.74, 6) is -0.540. The van der Waals surface area contributed by atoms with Crippen molar-refractivity contribution < 1.29 is 9.18 Å². The Morgan fingerprint density at radius 1 is 1.44 bits per heavy atom. The fourth-order valence-electron chi connectivity index (χ4n) is 1.27. The van der Waals surface area contributed by atoms with Crippen LogP contribution in [0, 0.1) is 5.82 Å². The number of hydrogen-bond acceptors (Lipinski definition) is 2. The van der Waals surface area contributed by atoms with Crippen molar-refractivity contribution in [2.75, 3.05) is 18.5 Å². The fourth-order valence-corrected chi connectivity index (χ4v) is 1.27. The molecule has 16 heavy (non-hydrogen) atoms. The number of likely N-dealkylation sites (N-methyl/N-ethyl adjacent to an activating group) is 1.